The topological polar surface area (TPSA) is 67.9 Å². The van der Waals surface area contributed by atoms with Gasteiger partial charge in [-0.2, -0.15) is 0 Å². The number of ether oxygens (including phenoxy) is 1. The average Bonchev–Trinajstić information content (AvgIpc) is 3.10. The van der Waals surface area contributed by atoms with Crippen LogP contribution in [-0.2, 0) is 9.53 Å². The highest BCUT2D eigenvalue weighted by Gasteiger charge is 2.47. The number of aromatic amines is 1. The minimum absolute atomic E-state index is 0.0392. The fourth-order valence-electron chi connectivity index (χ4n) is 2.18. The lowest BCUT2D eigenvalue weighted by molar-refractivity contribution is -0.144. The van der Waals surface area contributed by atoms with Crippen LogP contribution in [0.25, 0.3) is 11.4 Å². The summed E-state index contributed by atoms with van der Waals surface area (Å²) in [6.45, 7) is 2.25. The maximum absolute atomic E-state index is 11.6. The molecule has 0 spiro atoms. The first-order chi connectivity index (χ1) is 9.29. The van der Waals surface area contributed by atoms with Crippen molar-refractivity contribution >= 4 is 5.97 Å². The second-order valence-corrected chi connectivity index (χ2v) is 4.59. The van der Waals surface area contributed by atoms with E-state index in [2.05, 4.69) is 15.0 Å². The van der Waals surface area contributed by atoms with Crippen LogP contribution in [0.5, 0.6) is 0 Å². The molecule has 19 heavy (non-hydrogen) atoms. The molecular formula is C14H15N3O2. The SMILES string of the molecule is CCOC(=O)[C@@H]1C[C@H]1c1nc(-c2ccccn2)c[nH]1. The Bertz CT molecular complexity index is 579. The summed E-state index contributed by atoms with van der Waals surface area (Å²) in [6, 6.07) is 5.71. The number of nitrogens with zero attached hydrogens (tertiary/aromatic N) is 2. The van der Waals surface area contributed by atoms with E-state index < -0.39 is 0 Å². The number of rotatable bonds is 4. The lowest BCUT2D eigenvalue weighted by Gasteiger charge is -1.98. The monoisotopic (exact) mass is 257 g/mol. The van der Waals surface area contributed by atoms with E-state index >= 15 is 0 Å². The third-order valence-electron chi connectivity index (χ3n) is 3.26. The maximum atomic E-state index is 11.6. The molecule has 1 N–H and O–H groups in total. The summed E-state index contributed by atoms with van der Waals surface area (Å²) in [5.41, 5.74) is 1.64. The third-order valence-corrected chi connectivity index (χ3v) is 3.26. The molecule has 0 radical (unpaired) electrons. The van der Waals surface area contributed by atoms with Crippen LogP contribution in [0.15, 0.2) is 30.6 Å². The summed E-state index contributed by atoms with van der Waals surface area (Å²) in [7, 11) is 0. The summed E-state index contributed by atoms with van der Waals surface area (Å²) in [6.07, 6.45) is 4.38. The van der Waals surface area contributed by atoms with Gasteiger partial charge in [0.25, 0.3) is 0 Å². The lowest BCUT2D eigenvalue weighted by atomic mass is 10.3. The molecule has 1 aliphatic rings. The van der Waals surface area contributed by atoms with Crippen LogP contribution in [0.4, 0.5) is 0 Å². The first-order valence-electron chi connectivity index (χ1n) is 6.43. The molecule has 5 heteroatoms. The molecule has 3 rings (SSSR count). The molecule has 2 heterocycles. The number of carbonyl (C=O) groups is 1. The number of aromatic nitrogens is 3. The van der Waals surface area contributed by atoms with Crippen molar-refractivity contribution in [3.63, 3.8) is 0 Å². The van der Waals surface area contributed by atoms with E-state index in [0.717, 1.165) is 23.6 Å². The van der Waals surface area contributed by atoms with Crippen molar-refractivity contribution in [1.29, 1.82) is 0 Å². The zero-order chi connectivity index (χ0) is 13.2. The van der Waals surface area contributed by atoms with Crippen molar-refractivity contribution in [2.24, 2.45) is 5.92 Å². The van der Waals surface area contributed by atoms with E-state index in [1.54, 1.807) is 6.20 Å². The number of imidazole rings is 1. The van der Waals surface area contributed by atoms with Crippen LogP contribution < -0.4 is 0 Å². The van der Waals surface area contributed by atoms with Crippen LogP contribution in [0, 0.1) is 5.92 Å². The van der Waals surface area contributed by atoms with Gasteiger partial charge in [0.15, 0.2) is 0 Å². The van der Waals surface area contributed by atoms with E-state index in [9.17, 15) is 4.79 Å². The average molecular weight is 257 g/mol. The predicted octanol–water partition coefficient (Wildman–Crippen LogP) is 2.14. The normalized spacial score (nSPS) is 21.1. The van der Waals surface area contributed by atoms with Gasteiger partial charge >= 0.3 is 5.97 Å². The lowest BCUT2D eigenvalue weighted by Crippen LogP contribution is -2.07. The fraction of sp³-hybridized carbons (Fsp3) is 0.357. The number of esters is 1. The Balaban J connectivity index is 1.72. The zero-order valence-corrected chi connectivity index (χ0v) is 10.7. The van der Waals surface area contributed by atoms with Crippen molar-refractivity contribution in [1.82, 2.24) is 15.0 Å². The number of hydrogen-bond donors (Lipinski definition) is 1. The van der Waals surface area contributed by atoms with E-state index in [0.29, 0.717) is 6.61 Å². The standard InChI is InChI=1S/C14H15N3O2/c1-2-19-14(18)10-7-9(10)13-16-8-12(17-13)11-5-3-4-6-15-11/h3-6,8-10H,2,7H2,1H3,(H,16,17)/t9-,10-/m1/s1. The van der Waals surface area contributed by atoms with Crippen molar-refractivity contribution < 1.29 is 9.53 Å². The van der Waals surface area contributed by atoms with Gasteiger partial charge in [0.05, 0.1) is 18.2 Å². The Morgan fingerprint density at radius 1 is 1.47 bits per heavy atom. The van der Waals surface area contributed by atoms with Crippen LogP contribution in [-0.4, -0.2) is 27.5 Å². The Hall–Kier alpha value is -2.17. The number of H-pyrrole nitrogens is 1. The molecule has 2 aromatic heterocycles. The maximum Gasteiger partial charge on any atom is 0.309 e. The van der Waals surface area contributed by atoms with Crippen molar-refractivity contribution in [3.8, 4) is 11.4 Å². The van der Waals surface area contributed by atoms with E-state index in [1.807, 2.05) is 31.3 Å². The third kappa shape index (κ3) is 2.36. The fourth-order valence-corrected chi connectivity index (χ4v) is 2.18. The van der Waals surface area contributed by atoms with Crippen LogP contribution >= 0.6 is 0 Å². The van der Waals surface area contributed by atoms with Gasteiger partial charge in [-0.3, -0.25) is 9.78 Å². The molecule has 0 aromatic carbocycles. The minimum atomic E-state index is -0.122. The first kappa shape index (κ1) is 11.9. The van der Waals surface area contributed by atoms with Gasteiger partial charge in [-0.25, -0.2) is 4.98 Å². The van der Waals surface area contributed by atoms with Gasteiger partial charge in [-0.05, 0) is 25.5 Å². The highest BCUT2D eigenvalue weighted by molar-refractivity contribution is 5.77. The molecule has 2 aromatic rings. The number of carbonyl (C=O) groups excluding carboxylic acids is 1. The number of hydrogen-bond acceptors (Lipinski definition) is 4. The summed E-state index contributed by atoms with van der Waals surface area (Å²) >= 11 is 0. The number of nitrogens with one attached hydrogen (secondary N) is 1. The molecule has 0 saturated heterocycles. The van der Waals surface area contributed by atoms with Gasteiger partial charge < -0.3 is 9.72 Å². The van der Waals surface area contributed by atoms with Gasteiger partial charge in [0.1, 0.15) is 11.5 Å². The molecule has 0 unspecified atom stereocenters. The second-order valence-electron chi connectivity index (χ2n) is 4.59. The minimum Gasteiger partial charge on any atom is -0.466 e. The summed E-state index contributed by atoms with van der Waals surface area (Å²) in [5, 5.41) is 0. The second kappa shape index (κ2) is 4.84. The van der Waals surface area contributed by atoms with Crippen LogP contribution in [0.1, 0.15) is 25.1 Å². The zero-order valence-electron chi connectivity index (χ0n) is 10.7. The Morgan fingerprint density at radius 3 is 3.11 bits per heavy atom. The van der Waals surface area contributed by atoms with Crippen LogP contribution in [0.2, 0.25) is 0 Å². The Labute approximate surface area is 111 Å². The molecule has 0 bridgehead atoms. The van der Waals surface area contributed by atoms with E-state index in [-0.39, 0.29) is 17.8 Å². The molecule has 5 nitrogen and oxygen atoms in total. The largest absolute Gasteiger partial charge is 0.466 e. The highest BCUT2D eigenvalue weighted by Crippen LogP contribution is 2.47. The van der Waals surface area contributed by atoms with Gasteiger partial charge in [0, 0.05) is 18.3 Å². The predicted molar refractivity (Wildman–Crippen MR) is 69.3 cm³/mol. The molecule has 0 amide bonds. The quantitative estimate of drug-likeness (QED) is 0.852. The van der Waals surface area contributed by atoms with E-state index in [1.165, 1.54) is 0 Å². The van der Waals surface area contributed by atoms with Gasteiger partial charge in [0.2, 0.25) is 0 Å². The Morgan fingerprint density at radius 2 is 2.37 bits per heavy atom. The van der Waals surface area contributed by atoms with Gasteiger partial charge in [-0.15, -0.1) is 0 Å². The first-order valence-corrected chi connectivity index (χ1v) is 6.43. The summed E-state index contributed by atoms with van der Waals surface area (Å²) in [5.74, 6) is 0.848. The summed E-state index contributed by atoms with van der Waals surface area (Å²) in [4.78, 5) is 23.5. The highest BCUT2D eigenvalue weighted by atomic mass is 16.5. The van der Waals surface area contributed by atoms with Crippen molar-refractivity contribution in [3.05, 3.63) is 36.4 Å². The van der Waals surface area contributed by atoms with Crippen molar-refractivity contribution in [2.75, 3.05) is 6.61 Å². The molecule has 1 aliphatic carbocycles. The molecule has 1 fully saturated rings. The molecule has 0 aliphatic heterocycles. The molecule has 1 saturated carbocycles. The van der Waals surface area contributed by atoms with Crippen molar-refractivity contribution in [2.45, 2.75) is 19.3 Å². The Kier molecular flexibility index (Phi) is 3.03. The van der Waals surface area contributed by atoms with E-state index in [4.69, 9.17) is 4.74 Å². The molecule has 2 atom stereocenters. The van der Waals surface area contributed by atoms with Crippen LogP contribution in [0.3, 0.4) is 0 Å². The molecule has 98 valence electrons. The molecular weight excluding hydrogens is 242 g/mol. The number of pyridine rings is 1. The summed E-state index contributed by atoms with van der Waals surface area (Å²) < 4.78 is 5.02. The van der Waals surface area contributed by atoms with Gasteiger partial charge in [-0.1, -0.05) is 6.07 Å². The smallest absolute Gasteiger partial charge is 0.309 e.